The third-order valence-corrected chi connectivity index (χ3v) is 11.4. The lowest BCUT2D eigenvalue weighted by Gasteiger charge is -2.41. The topological polar surface area (TPSA) is 151 Å². The number of nitrogens with one attached hydrogen (secondary N) is 3. The number of fused-ring (bicyclic) bond motifs is 1. The molecule has 0 bridgehead atoms. The number of likely N-dealkylation sites (tertiary alicyclic amines) is 1. The number of aryl methyl sites for hydroxylation is 1. The first-order chi connectivity index (χ1) is 22.1. The average Bonchev–Trinajstić information content (AvgIpc) is 3.86. The number of nitrogens with zero attached hydrogens (tertiary/aromatic N) is 1. The van der Waals surface area contributed by atoms with Gasteiger partial charge in [0.25, 0.3) is 5.91 Å². The molecule has 5 amide bonds. The lowest BCUT2D eigenvalue weighted by atomic mass is 9.78. The van der Waals surface area contributed by atoms with Gasteiger partial charge in [-0.1, -0.05) is 97.1 Å². The van der Waals surface area contributed by atoms with Gasteiger partial charge in [0.2, 0.25) is 17.6 Å². The fraction of sp³-hybridized carbons (Fsp3) is 0.703. The van der Waals surface area contributed by atoms with Gasteiger partial charge < -0.3 is 26.6 Å². The zero-order valence-corrected chi connectivity index (χ0v) is 28.9. The van der Waals surface area contributed by atoms with Gasteiger partial charge in [-0.2, -0.15) is 0 Å². The van der Waals surface area contributed by atoms with Crippen LogP contribution in [-0.4, -0.2) is 64.6 Å². The van der Waals surface area contributed by atoms with E-state index in [0.29, 0.717) is 13.0 Å². The van der Waals surface area contributed by atoms with Crippen LogP contribution in [0.2, 0.25) is 0 Å². The molecule has 1 aliphatic heterocycles. The summed E-state index contributed by atoms with van der Waals surface area (Å²) in [7, 11) is 0. The van der Waals surface area contributed by atoms with Crippen LogP contribution in [0.15, 0.2) is 30.3 Å². The number of carbonyl (C=O) groups is 5. The molecular weight excluding hydrogens is 594 g/mol. The summed E-state index contributed by atoms with van der Waals surface area (Å²) in [6.07, 6.45) is 10.1. The second kappa shape index (κ2) is 13.6. The summed E-state index contributed by atoms with van der Waals surface area (Å²) in [5, 5.41) is 9.18. The van der Waals surface area contributed by atoms with Gasteiger partial charge in [-0.05, 0) is 72.7 Å². The Bertz CT molecular complexity index is 1340. The number of hydrogen-bond acceptors (Lipinski definition) is 5. The highest BCUT2D eigenvalue weighted by Gasteiger charge is 2.70. The molecule has 47 heavy (non-hydrogen) atoms. The van der Waals surface area contributed by atoms with Gasteiger partial charge in [-0.3, -0.25) is 19.2 Å². The van der Waals surface area contributed by atoms with Crippen LogP contribution in [0.4, 0.5) is 4.79 Å². The van der Waals surface area contributed by atoms with Crippen LogP contribution in [0.25, 0.3) is 0 Å². The van der Waals surface area contributed by atoms with Gasteiger partial charge in [0.15, 0.2) is 0 Å². The predicted molar refractivity (Wildman–Crippen MR) is 180 cm³/mol. The van der Waals surface area contributed by atoms with Gasteiger partial charge in [0, 0.05) is 12.1 Å². The molecule has 3 aliphatic carbocycles. The Hall–Kier alpha value is -3.43. The van der Waals surface area contributed by atoms with E-state index < -0.39 is 41.1 Å². The van der Waals surface area contributed by atoms with Crippen LogP contribution in [0.1, 0.15) is 104 Å². The van der Waals surface area contributed by atoms with Crippen LogP contribution in [0.5, 0.6) is 0 Å². The van der Waals surface area contributed by atoms with Gasteiger partial charge in [0.1, 0.15) is 12.1 Å². The molecule has 5 atom stereocenters. The summed E-state index contributed by atoms with van der Waals surface area (Å²) in [5.41, 5.74) is 5.50. The van der Waals surface area contributed by atoms with Crippen LogP contribution in [0.3, 0.4) is 0 Å². The van der Waals surface area contributed by atoms with E-state index in [0.717, 1.165) is 64.2 Å². The molecular formula is C37H55N5O5. The number of nitrogens with two attached hydrogens (primary N) is 1. The monoisotopic (exact) mass is 649 g/mol. The molecule has 1 aromatic carbocycles. The summed E-state index contributed by atoms with van der Waals surface area (Å²) >= 11 is 0. The number of Topliss-reactive ketones (excluding diaryl/α,β-unsaturated/α-hetero) is 1. The summed E-state index contributed by atoms with van der Waals surface area (Å²) < 4.78 is 0. The Balaban J connectivity index is 1.29. The Morgan fingerprint density at radius 1 is 0.979 bits per heavy atom. The largest absolute Gasteiger partial charge is 0.363 e. The van der Waals surface area contributed by atoms with E-state index in [4.69, 9.17) is 5.73 Å². The highest BCUT2D eigenvalue weighted by Crippen LogP contribution is 2.65. The van der Waals surface area contributed by atoms with Crippen molar-refractivity contribution in [3.63, 3.8) is 0 Å². The van der Waals surface area contributed by atoms with Crippen molar-refractivity contribution in [2.45, 2.75) is 129 Å². The third kappa shape index (κ3) is 8.00. The molecule has 0 aromatic heterocycles. The lowest BCUT2D eigenvalue weighted by molar-refractivity contribution is -0.145. The van der Waals surface area contributed by atoms with Crippen LogP contribution in [0, 0.1) is 28.6 Å². The molecule has 3 saturated carbocycles. The Labute approximate surface area is 279 Å². The van der Waals surface area contributed by atoms with Crippen LogP contribution in [-0.2, 0) is 25.6 Å². The van der Waals surface area contributed by atoms with Gasteiger partial charge in [0.05, 0.1) is 6.04 Å². The lowest BCUT2D eigenvalue weighted by Crippen LogP contribution is -2.63. The van der Waals surface area contributed by atoms with Crippen molar-refractivity contribution in [3.8, 4) is 0 Å². The number of ketones is 1. The fourth-order valence-corrected chi connectivity index (χ4v) is 8.32. The minimum atomic E-state index is -1.07. The Morgan fingerprint density at radius 2 is 1.64 bits per heavy atom. The first kappa shape index (κ1) is 34.9. The van der Waals surface area contributed by atoms with Crippen molar-refractivity contribution in [3.05, 3.63) is 35.9 Å². The second-order valence-electron chi connectivity index (χ2n) is 16.4. The van der Waals surface area contributed by atoms with E-state index in [9.17, 15) is 24.0 Å². The maximum Gasteiger partial charge on any atom is 0.315 e. The number of rotatable bonds is 13. The molecule has 258 valence electrons. The van der Waals surface area contributed by atoms with Crippen LogP contribution < -0.4 is 21.7 Å². The smallest absolute Gasteiger partial charge is 0.315 e. The molecule has 1 heterocycles. The first-order valence-electron chi connectivity index (χ1n) is 17.7. The van der Waals surface area contributed by atoms with Gasteiger partial charge >= 0.3 is 6.03 Å². The molecule has 4 aliphatic rings. The molecule has 10 heteroatoms. The van der Waals surface area contributed by atoms with Gasteiger partial charge in [-0.25, -0.2) is 4.79 Å². The molecule has 1 aromatic rings. The van der Waals surface area contributed by atoms with Crippen molar-refractivity contribution in [1.82, 2.24) is 20.9 Å². The molecule has 3 unspecified atom stereocenters. The Kier molecular flexibility index (Phi) is 10.1. The SMILES string of the molecule is CC1(C)C2CN(C(=O)[C@@H](NC(=O)NC3(CCCc4ccccc4)CCCCC3)C(C)(C)C)[C@H](C(=O)NC(CC3CC3)C(=O)C(N)=O)C21. The maximum absolute atomic E-state index is 14.4. The summed E-state index contributed by atoms with van der Waals surface area (Å²) in [6, 6.07) is 7.34. The van der Waals surface area contributed by atoms with Gasteiger partial charge in [-0.15, -0.1) is 0 Å². The number of primary amides is 1. The number of urea groups is 1. The second-order valence-corrected chi connectivity index (χ2v) is 16.4. The summed E-state index contributed by atoms with van der Waals surface area (Å²) in [4.78, 5) is 68.1. The van der Waals surface area contributed by atoms with E-state index in [1.165, 1.54) is 5.56 Å². The van der Waals surface area contributed by atoms with E-state index in [1.807, 2.05) is 39.0 Å². The number of piperidine rings is 1. The zero-order valence-electron chi connectivity index (χ0n) is 28.9. The molecule has 5 N–H and O–H groups in total. The minimum Gasteiger partial charge on any atom is -0.363 e. The van der Waals surface area contributed by atoms with E-state index in [2.05, 4.69) is 41.9 Å². The predicted octanol–water partition coefficient (Wildman–Crippen LogP) is 4.25. The van der Waals surface area contributed by atoms with Crippen molar-refractivity contribution < 1.29 is 24.0 Å². The number of carbonyl (C=O) groups excluding carboxylic acids is 5. The van der Waals surface area contributed by atoms with Crippen molar-refractivity contribution in [2.24, 2.45) is 34.3 Å². The molecule has 0 spiro atoms. The molecule has 10 nitrogen and oxygen atoms in total. The first-order valence-corrected chi connectivity index (χ1v) is 17.7. The average molecular weight is 650 g/mol. The maximum atomic E-state index is 14.4. The van der Waals surface area contributed by atoms with E-state index in [-0.39, 0.29) is 40.6 Å². The van der Waals surface area contributed by atoms with Crippen molar-refractivity contribution >= 4 is 29.5 Å². The zero-order chi connectivity index (χ0) is 34.1. The fourth-order valence-electron chi connectivity index (χ4n) is 8.32. The molecule has 0 radical (unpaired) electrons. The number of amides is 5. The third-order valence-electron chi connectivity index (χ3n) is 11.4. The molecule has 4 fully saturated rings. The number of hydrogen-bond donors (Lipinski definition) is 4. The summed E-state index contributed by atoms with van der Waals surface area (Å²) in [6.45, 7) is 10.3. The number of benzene rings is 1. The van der Waals surface area contributed by atoms with Crippen molar-refractivity contribution in [1.29, 1.82) is 0 Å². The van der Waals surface area contributed by atoms with Crippen molar-refractivity contribution in [2.75, 3.05) is 6.54 Å². The Morgan fingerprint density at radius 3 is 2.23 bits per heavy atom. The highest BCUT2D eigenvalue weighted by molar-refractivity contribution is 6.37. The standard InChI is InChI=1S/C37H55N5O5/c1-35(2,3)30(40-34(47)41-37(18-10-7-11-19-37)20-12-15-23-13-8-6-9-14-23)33(46)42-22-25-27(36(25,4)5)28(42)32(45)39-26(21-24-16-17-24)29(43)31(38)44/h6,8-9,13-14,24-28,30H,7,10-12,15-22H2,1-5H3,(H2,38,44)(H,39,45)(H2,40,41,47)/t25?,26?,27?,28-,30+/m0/s1. The van der Waals surface area contributed by atoms with Crippen LogP contribution >= 0.6 is 0 Å². The molecule has 5 rings (SSSR count). The molecule has 1 saturated heterocycles. The minimum absolute atomic E-state index is 0.0822. The van der Waals surface area contributed by atoms with E-state index >= 15 is 0 Å². The van der Waals surface area contributed by atoms with E-state index in [1.54, 1.807) is 4.90 Å². The normalized spacial score (nSPS) is 25.6. The summed E-state index contributed by atoms with van der Waals surface area (Å²) in [5.74, 6) is -2.31. The quantitative estimate of drug-likeness (QED) is 0.236. The highest BCUT2D eigenvalue weighted by atomic mass is 16.2.